The zero-order valence-corrected chi connectivity index (χ0v) is 10.4. The van der Waals surface area contributed by atoms with Crippen LogP contribution in [0.1, 0.15) is 43.0 Å². The van der Waals surface area contributed by atoms with Crippen molar-refractivity contribution in [3.05, 3.63) is 15.9 Å². The molecule has 1 fully saturated rings. The first kappa shape index (κ1) is 9.85. The van der Waals surface area contributed by atoms with Gasteiger partial charge in [-0.1, -0.05) is 12.8 Å². The number of nitrogens with zero attached hydrogens (tertiary/aromatic N) is 2. The van der Waals surface area contributed by atoms with Gasteiger partial charge in [0, 0.05) is 12.1 Å². The molecule has 1 aromatic rings. The van der Waals surface area contributed by atoms with Crippen LogP contribution in [-0.2, 0) is 13.0 Å². The molecule has 1 saturated carbocycles. The van der Waals surface area contributed by atoms with Gasteiger partial charge in [-0.2, -0.15) is 5.10 Å². The fraction of sp³-hybridized carbons (Fsp3) is 0.727. The quantitative estimate of drug-likeness (QED) is 0.849. The lowest BCUT2D eigenvalue weighted by atomic mass is 10.1. The second-order valence-electron chi connectivity index (χ2n) is 4.53. The molecule has 2 heterocycles. The molecule has 0 atom stereocenters. The van der Waals surface area contributed by atoms with Gasteiger partial charge in [0.1, 0.15) is 4.60 Å². The third-order valence-corrected chi connectivity index (χ3v) is 4.38. The van der Waals surface area contributed by atoms with Gasteiger partial charge in [-0.05, 0) is 41.7 Å². The van der Waals surface area contributed by atoms with E-state index in [9.17, 15) is 0 Å². The van der Waals surface area contributed by atoms with Gasteiger partial charge in [-0.15, -0.1) is 0 Å². The summed E-state index contributed by atoms with van der Waals surface area (Å²) in [4.78, 5) is 0. The molecular weight excluding hydrogens is 254 g/mol. The molecule has 0 bridgehead atoms. The Balaban J connectivity index is 1.97. The molecule has 0 aromatic carbocycles. The van der Waals surface area contributed by atoms with Gasteiger partial charge in [0.05, 0.1) is 11.7 Å². The van der Waals surface area contributed by atoms with Crippen molar-refractivity contribution in [2.45, 2.75) is 44.7 Å². The van der Waals surface area contributed by atoms with Crippen LogP contribution in [0.15, 0.2) is 4.60 Å². The summed E-state index contributed by atoms with van der Waals surface area (Å²) in [5.41, 5.74) is 2.68. The lowest BCUT2D eigenvalue weighted by Gasteiger charge is -2.11. The number of halogens is 1. The van der Waals surface area contributed by atoms with E-state index in [1.165, 1.54) is 41.5 Å². The number of fused-ring (bicyclic) bond motifs is 1. The van der Waals surface area contributed by atoms with Crippen LogP contribution in [0.5, 0.6) is 0 Å². The molecule has 0 saturated heterocycles. The zero-order valence-electron chi connectivity index (χ0n) is 8.80. The molecular formula is C11H16BrN3. The molecule has 1 aliphatic heterocycles. The summed E-state index contributed by atoms with van der Waals surface area (Å²) >= 11 is 3.72. The van der Waals surface area contributed by atoms with Gasteiger partial charge < -0.3 is 5.32 Å². The Bertz CT molecular complexity index is 366. The Morgan fingerprint density at radius 3 is 2.87 bits per heavy atom. The molecule has 0 unspecified atom stereocenters. The van der Waals surface area contributed by atoms with Gasteiger partial charge in [0.25, 0.3) is 0 Å². The van der Waals surface area contributed by atoms with Crippen molar-refractivity contribution < 1.29 is 0 Å². The predicted octanol–water partition coefficient (Wildman–Crippen LogP) is 2.41. The van der Waals surface area contributed by atoms with Crippen molar-refractivity contribution in [2.75, 3.05) is 6.54 Å². The number of hydrogen-bond donors (Lipinski definition) is 1. The molecule has 0 spiro atoms. The Hall–Kier alpha value is -0.350. The largest absolute Gasteiger partial charge is 0.311 e. The average Bonchev–Trinajstić information content (AvgIpc) is 2.87. The normalized spacial score (nSPS) is 21.9. The maximum absolute atomic E-state index is 4.74. The van der Waals surface area contributed by atoms with Gasteiger partial charge >= 0.3 is 0 Å². The fourth-order valence-corrected chi connectivity index (χ4v) is 3.49. The van der Waals surface area contributed by atoms with Gasteiger partial charge in [-0.3, -0.25) is 4.68 Å². The Morgan fingerprint density at radius 1 is 1.33 bits per heavy atom. The first-order valence-corrected chi connectivity index (χ1v) is 6.62. The highest BCUT2D eigenvalue weighted by Gasteiger charge is 2.24. The molecule has 1 aliphatic carbocycles. The van der Waals surface area contributed by atoms with Crippen molar-refractivity contribution in [3.63, 3.8) is 0 Å². The maximum Gasteiger partial charge on any atom is 0.107 e. The molecule has 3 rings (SSSR count). The standard InChI is InChI=1S/C11H16BrN3/c12-11-9-5-6-13-7-10(9)14-15(11)8-3-1-2-4-8/h8,13H,1-7H2. The summed E-state index contributed by atoms with van der Waals surface area (Å²) in [5.74, 6) is 0. The third-order valence-electron chi connectivity index (χ3n) is 3.54. The third kappa shape index (κ3) is 1.64. The van der Waals surface area contributed by atoms with E-state index >= 15 is 0 Å². The summed E-state index contributed by atoms with van der Waals surface area (Å²) in [6.07, 6.45) is 6.43. The highest BCUT2D eigenvalue weighted by molar-refractivity contribution is 9.10. The molecule has 1 aromatic heterocycles. The van der Waals surface area contributed by atoms with Crippen molar-refractivity contribution in [2.24, 2.45) is 0 Å². The smallest absolute Gasteiger partial charge is 0.107 e. The molecule has 1 N–H and O–H groups in total. The van der Waals surface area contributed by atoms with Crippen LogP contribution in [0.3, 0.4) is 0 Å². The molecule has 3 nitrogen and oxygen atoms in total. The zero-order chi connectivity index (χ0) is 10.3. The van der Waals surface area contributed by atoms with E-state index in [1.54, 1.807) is 0 Å². The molecule has 0 radical (unpaired) electrons. The lowest BCUT2D eigenvalue weighted by molar-refractivity contribution is 0.454. The van der Waals surface area contributed by atoms with E-state index in [0.717, 1.165) is 19.5 Å². The number of aromatic nitrogens is 2. The fourth-order valence-electron chi connectivity index (χ4n) is 2.69. The predicted molar refractivity (Wildman–Crippen MR) is 62.8 cm³/mol. The molecule has 0 amide bonds. The topological polar surface area (TPSA) is 29.9 Å². The van der Waals surface area contributed by atoms with Crippen molar-refractivity contribution >= 4 is 15.9 Å². The second-order valence-corrected chi connectivity index (χ2v) is 5.28. The SMILES string of the molecule is Brc1c2c(nn1C1CCCC1)CNCC2. The minimum absolute atomic E-state index is 0.643. The van der Waals surface area contributed by atoms with E-state index in [2.05, 4.69) is 25.9 Å². The van der Waals surface area contributed by atoms with Crippen molar-refractivity contribution in [1.29, 1.82) is 0 Å². The number of hydrogen-bond acceptors (Lipinski definition) is 2. The van der Waals surface area contributed by atoms with Gasteiger partial charge in [-0.25, -0.2) is 0 Å². The first-order valence-electron chi connectivity index (χ1n) is 5.83. The van der Waals surface area contributed by atoms with Crippen LogP contribution in [0.25, 0.3) is 0 Å². The summed E-state index contributed by atoms with van der Waals surface area (Å²) in [6.45, 7) is 2.02. The highest BCUT2D eigenvalue weighted by Crippen LogP contribution is 2.34. The highest BCUT2D eigenvalue weighted by atomic mass is 79.9. The summed E-state index contributed by atoms with van der Waals surface area (Å²) < 4.78 is 3.47. The van der Waals surface area contributed by atoms with E-state index < -0.39 is 0 Å². The van der Waals surface area contributed by atoms with Crippen molar-refractivity contribution in [3.8, 4) is 0 Å². The van der Waals surface area contributed by atoms with Crippen LogP contribution in [0.4, 0.5) is 0 Å². The monoisotopic (exact) mass is 269 g/mol. The van der Waals surface area contributed by atoms with Crippen LogP contribution in [0, 0.1) is 0 Å². The summed E-state index contributed by atoms with van der Waals surface area (Å²) in [7, 11) is 0. The summed E-state index contributed by atoms with van der Waals surface area (Å²) in [5, 5.41) is 8.12. The molecule has 82 valence electrons. The van der Waals surface area contributed by atoms with Gasteiger partial charge in [0.15, 0.2) is 0 Å². The van der Waals surface area contributed by atoms with Crippen LogP contribution < -0.4 is 5.32 Å². The average molecular weight is 270 g/mol. The molecule has 15 heavy (non-hydrogen) atoms. The van der Waals surface area contributed by atoms with Crippen LogP contribution in [0.2, 0.25) is 0 Å². The van der Waals surface area contributed by atoms with Gasteiger partial charge in [0.2, 0.25) is 0 Å². The molecule has 4 heteroatoms. The minimum atomic E-state index is 0.643. The first-order chi connectivity index (χ1) is 7.36. The summed E-state index contributed by atoms with van der Waals surface area (Å²) in [6, 6.07) is 0.643. The van der Waals surface area contributed by atoms with Crippen molar-refractivity contribution in [1.82, 2.24) is 15.1 Å². The second kappa shape index (κ2) is 3.91. The van der Waals surface area contributed by atoms with Crippen LogP contribution >= 0.6 is 15.9 Å². The Kier molecular flexibility index (Phi) is 2.56. The number of rotatable bonds is 1. The number of nitrogens with one attached hydrogen (secondary N) is 1. The Morgan fingerprint density at radius 2 is 2.13 bits per heavy atom. The minimum Gasteiger partial charge on any atom is -0.311 e. The van der Waals surface area contributed by atoms with E-state index in [-0.39, 0.29) is 0 Å². The van der Waals surface area contributed by atoms with E-state index in [4.69, 9.17) is 5.10 Å². The molecule has 2 aliphatic rings. The lowest BCUT2D eigenvalue weighted by Crippen LogP contribution is -2.23. The van der Waals surface area contributed by atoms with Crippen LogP contribution in [-0.4, -0.2) is 16.3 Å². The Labute approximate surface area is 98.4 Å². The maximum atomic E-state index is 4.74. The van der Waals surface area contributed by atoms with E-state index in [1.807, 2.05) is 0 Å². The van der Waals surface area contributed by atoms with E-state index in [0.29, 0.717) is 6.04 Å².